The minimum absolute atomic E-state index is 0.000985. The number of likely N-dealkylation sites (N-methyl/N-ethyl adjacent to an activating group) is 1. The van der Waals surface area contributed by atoms with Crippen molar-refractivity contribution in [2.45, 2.75) is 37.4 Å². The summed E-state index contributed by atoms with van der Waals surface area (Å²) in [5.74, 6) is 1.49. The van der Waals surface area contributed by atoms with Crippen LogP contribution in [-0.4, -0.2) is 89.4 Å². The van der Waals surface area contributed by atoms with Gasteiger partial charge in [-0.1, -0.05) is 31.2 Å². The first-order chi connectivity index (χ1) is 20.5. The van der Waals surface area contributed by atoms with Crippen LogP contribution in [0.1, 0.15) is 29.8 Å². The second kappa shape index (κ2) is 14.8. The van der Waals surface area contributed by atoms with Crippen molar-refractivity contribution in [2.24, 2.45) is 5.92 Å². The molecule has 10 nitrogen and oxygen atoms in total. The number of aliphatic hydroxyl groups is 1. The summed E-state index contributed by atoms with van der Waals surface area (Å²) in [6, 6.07) is 17.9. The average Bonchev–Trinajstić information content (AvgIpc) is 3.46. The molecule has 232 valence electrons. The highest BCUT2D eigenvalue weighted by atomic mass is 32.2. The van der Waals surface area contributed by atoms with E-state index in [0.717, 1.165) is 22.4 Å². The molecule has 2 N–H and O–H groups in total. The number of hydrogen-bond acceptors (Lipinski definition) is 9. The van der Waals surface area contributed by atoms with Gasteiger partial charge in [0.25, 0.3) is 5.91 Å². The lowest BCUT2D eigenvalue weighted by atomic mass is 10.0. The van der Waals surface area contributed by atoms with Gasteiger partial charge in [-0.25, -0.2) is 0 Å². The highest BCUT2D eigenvalue weighted by Gasteiger charge is 2.24. The predicted octanol–water partition coefficient (Wildman–Crippen LogP) is 3.51. The Bertz CT molecular complexity index is 1430. The van der Waals surface area contributed by atoms with Crippen LogP contribution < -0.4 is 19.5 Å². The van der Waals surface area contributed by atoms with E-state index < -0.39 is 17.2 Å². The molecular weight excluding hydrogens is 570 g/mol. The number of amides is 1. The van der Waals surface area contributed by atoms with Crippen molar-refractivity contribution < 1.29 is 32.9 Å². The quantitative estimate of drug-likeness (QED) is 0.264. The van der Waals surface area contributed by atoms with Crippen molar-refractivity contribution in [3.05, 3.63) is 71.8 Å². The highest BCUT2D eigenvalue weighted by Crippen LogP contribution is 2.34. The molecule has 0 aromatic heterocycles. The Morgan fingerprint density at radius 1 is 1.05 bits per heavy atom. The average molecular weight is 611 g/mol. The molecule has 3 aromatic carbocycles. The third kappa shape index (κ3) is 8.55. The molecule has 4 rings (SSSR count). The van der Waals surface area contributed by atoms with E-state index in [2.05, 4.69) is 10.2 Å². The second-order valence-corrected chi connectivity index (χ2v) is 12.1. The Morgan fingerprint density at radius 3 is 2.51 bits per heavy atom. The lowest BCUT2D eigenvalue weighted by Crippen LogP contribution is -2.43. The molecule has 11 heteroatoms. The molecule has 4 atom stereocenters. The molecule has 1 unspecified atom stereocenters. The molecule has 43 heavy (non-hydrogen) atoms. The summed E-state index contributed by atoms with van der Waals surface area (Å²) < 4.78 is 42.0. The van der Waals surface area contributed by atoms with Crippen LogP contribution >= 0.6 is 0 Å². The summed E-state index contributed by atoms with van der Waals surface area (Å²) in [6.45, 7) is 5.78. The van der Waals surface area contributed by atoms with Crippen LogP contribution in [0.4, 0.5) is 0 Å². The maximum atomic E-state index is 12.6. The normalized spacial score (nSPS) is 15.2. The van der Waals surface area contributed by atoms with E-state index in [1.54, 1.807) is 44.4 Å². The Balaban J connectivity index is 1.61. The number of ether oxygens (including phenoxy) is 3. The molecule has 1 amide bonds. The first kappa shape index (κ1) is 32.4. The maximum Gasteiger partial charge on any atom is 0.253 e. The summed E-state index contributed by atoms with van der Waals surface area (Å²) in [5.41, 5.74) is 3.07. The van der Waals surface area contributed by atoms with Crippen molar-refractivity contribution in [2.75, 3.05) is 47.6 Å². The molecule has 1 aliphatic rings. The Morgan fingerprint density at radius 2 is 1.79 bits per heavy atom. The maximum absolute atomic E-state index is 12.6. The Hall–Kier alpha value is -3.48. The zero-order valence-electron chi connectivity index (χ0n) is 25.2. The zero-order chi connectivity index (χ0) is 31.1. The van der Waals surface area contributed by atoms with Crippen molar-refractivity contribution >= 4 is 17.0 Å². The van der Waals surface area contributed by atoms with Crippen LogP contribution in [0.25, 0.3) is 11.1 Å². The van der Waals surface area contributed by atoms with Gasteiger partial charge in [-0.15, -0.1) is 0 Å². The van der Waals surface area contributed by atoms with Crippen molar-refractivity contribution in [1.29, 1.82) is 0 Å². The molecular formula is C32H40N3O7S-. The minimum Gasteiger partial charge on any atom is -0.768 e. The molecule has 0 fully saturated rings. The first-order valence-corrected chi connectivity index (χ1v) is 15.3. The summed E-state index contributed by atoms with van der Waals surface area (Å²) in [7, 11) is 5.37. The van der Waals surface area contributed by atoms with Gasteiger partial charge in [0.15, 0.2) is 11.5 Å². The van der Waals surface area contributed by atoms with Gasteiger partial charge in [0.05, 0.1) is 11.5 Å². The number of rotatable bonds is 14. The van der Waals surface area contributed by atoms with Crippen molar-refractivity contribution in [1.82, 2.24) is 15.1 Å². The van der Waals surface area contributed by atoms with E-state index in [9.17, 15) is 18.7 Å². The largest absolute Gasteiger partial charge is 0.768 e. The summed E-state index contributed by atoms with van der Waals surface area (Å²) in [6.07, 6.45) is -0.406. The second-order valence-electron chi connectivity index (χ2n) is 11.2. The van der Waals surface area contributed by atoms with Crippen LogP contribution in [0, 0.1) is 5.92 Å². The lowest BCUT2D eigenvalue weighted by Gasteiger charge is -2.31. The molecule has 0 radical (unpaired) electrons. The number of fused-ring (bicyclic) bond motifs is 1. The SMILES string of the molecule is C[C@H](CO)NC[C@H](C)[C@@H](CN(C)Cc1ccc2c(c1)OCO2)Oc1cc(-c2cccc(C(=O)N(C)C)c2)ccc1S(=O)[O-]. The van der Waals surface area contributed by atoms with Crippen LogP contribution in [0.5, 0.6) is 17.2 Å². The first-order valence-electron chi connectivity index (χ1n) is 14.2. The van der Waals surface area contributed by atoms with Crippen LogP contribution in [0.3, 0.4) is 0 Å². The number of nitrogens with zero attached hydrogens (tertiary/aromatic N) is 2. The van der Waals surface area contributed by atoms with Gasteiger partial charge < -0.3 is 34.1 Å². The van der Waals surface area contributed by atoms with Crippen LogP contribution in [-0.2, 0) is 17.6 Å². The van der Waals surface area contributed by atoms with E-state index in [4.69, 9.17) is 14.2 Å². The van der Waals surface area contributed by atoms with Gasteiger partial charge in [-0.3, -0.25) is 13.9 Å². The number of hydrogen-bond donors (Lipinski definition) is 2. The number of benzene rings is 3. The monoisotopic (exact) mass is 610 g/mol. The molecule has 1 heterocycles. The van der Waals surface area contributed by atoms with Gasteiger partial charge in [-0.05, 0) is 78.1 Å². The van der Waals surface area contributed by atoms with Gasteiger partial charge in [-0.2, -0.15) is 0 Å². The molecule has 0 bridgehead atoms. The van der Waals surface area contributed by atoms with E-state index in [1.165, 1.54) is 11.0 Å². The summed E-state index contributed by atoms with van der Waals surface area (Å²) in [4.78, 5) is 16.2. The third-order valence-corrected chi connectivity index (χ3v) is 8.02. The fourth-order valence-corrected chi connectivity index (χ4v) is 5.26. The highest BCUT2D eigenvalue weighted by molar-refractivity contribution is 7.79. The van der Waals surface area contributed by atoms with E-state index in [0.29, 0.717) is 30.9 Å². The summed E-state index contributed by atoms with van der Waals surface area (Å²) >= 11 is -2.53. The molecule has 0 spiro atoms. The number of nitrogens with one attached hydrogen (secondary N) is 1. The lowest BCUT2D eigenvalue weighted by molar-refractivity contribution is 0.0827. The molecule has 0 saturated carbocycles. The van der Waals surface area contributed by atoms with Crippen LogP contribution in [0.2, 0.25) is 0 Å². The molecule has 1 aliphatic heterocycles. The third-order valence-electron chi connectivity index (χ3n) is 7.33. The van der Waals surface area contributed by atoms with Crippen molar-refractivity contribution in [3.63, 3.8) is 0 Å². The number of aliphatic hydroxyl groups excluding tert-OH is 1. The van der Waals surface area contributed by atoms with Gasteiger partial charge in [0.1, 0.15) is 11.9 Å². The standard InChI is InChI=1S/C32H41N3O7S/c1-21(16-33-22(2)19-36)30(18-35(5)17-23-9-11-27-28(13-23)41-20-40-27)42-29-15-25(10-12-31(29)43(38)39)24-7-6-8-26(14-24)32(37)34(3)4/h6-15,21-22,30,33,36H,16-20H2,1-5H3,(H,38,39)/p-1/t21-,22+,30+/m0/s1. The van der Waals surface area contributed by atoms with E-state index in [1.807, 2.05) is 45.2 Å². The smallest absolute Gasteiger partial charge is 0.253 e. The Labute approximate surface area is 255 Å². The van der Waals surface area contributed by atoms with Crippen LogP contribution in [0.15, 0.2) is 65.6 Å². The van der Waals surface area contributed by atoms with E-state index >= 15 is 0 Å². The topological polar surface area (TPSA) is 124 Å². The van der Waals surface area contributed by atoms with E-state index in [-0.39, 0.29) is 41.9 Å². The predicted molar refractivity (Wildman–Crippen MR) is 164 cm³/mol. The van der Waals surface area contributed by atoms with Gasteiger partial charge in [0, 0.05) is 51.3 Å². The minimum atomic E-state index is -2.53. The van der Waals surface area contributed by atoms with Crippen molar-refractivity contribution in [3.8, 4) is 28.4 Å². The molecule has 3 aromatic rings. The summed E-state index contributed by atoms with van der Waals surface area (Å²) in [5, 5.41) is 12.8. The number of carbonyl (C=O) groups excluding carboxylic acids is 1. The number of carbonyl (C=O) groups is 1. The fraction of sp³-hybridized carbons (Fsp3) is 0.406. The zero-order valence-corrected chi connectivity index (χ0v) is 26.1. The molecule has 0 aliphatic carbocycles. The van der Waals surface area contributed by atoms with Gasteiger partial charge in [0.2, 0.25) is 6.79 Å². The Kier molecular flexibility index (Phi) is 11.2. The fourth-order valence-electron chi connectivity index (χ4n) is 4.81. The molecule has 0 saturated heterocycles. The van der Waals surface area contributed by atoms with Gasteiger partial charge >= 0.3 is 0 Å².